The lowest BCUT2D eigenvalue weighted by Crippen LogP contribution is -2.34. The molecule has 0 amide bonds. The number of benzene rings is 1. The zero-order valence-electron chi connectivity index (χ0n) is 9.00. The lowest BCUT2D eigenvalue weighted by atomic mass is 10.1. The number of aliphatic imine (C=N–C) groups is 1. The Balaban J connectivity index is 2.73. The molecule has 0 saturated carbocycles. The van der Waals surface area contributed by atoms with Gasteiger partial charge in [-0.1, -0.05) is 29.8 Å². The Morgan fingerprint density at radius 3 is 2.80 bits per heavy atom. The minimum atomic E-state index is 0.0639. The SMILES string of the molecule is CCN=C(N)NC(C)c1ccccc1Cl. The first-order chi connectivity index (χ1) is 7.15. The molecule has 0 aliphatic heterocycles. The molecule has 1 unspecified atom stereocenters. The first-order valence-electron chi connectivity index (χ1n) is 4.96. The van der Waals surface area contributed by atoms with Crippen LogP contribution >= 0.6 is 11.6 Å². The van der Waals surface area contributed by atoms with Crippen LogP contribution in [0, 0.1) is 0 Å². The summed E-state index contributed by atoms with van der Waals surface area (Å²) < 4.78 is 0. The van der Waals surface area contributed by atoms with E-state index in [9.17, 15) is 0 Å². The summed E-state index contributed by atoms with van der Waals surface area (Å²) in [6.45, 7) is 4.61. The van der Waals surface area contributed by atoms with Crippen molar-refractivity contribution in [3.05, 3.63) is 34.9 Å². The molecule has 0 fully saturated rings. The van der Waals surface area contributed by atoms with E-state index in [1.165, 1.54) is 0 Å². The van der Waals surface area contributed by atoms with Crippen LogP contribution in [-0.2, 0) is 0 Å². The van der Waals surface area contributed by atoms with Crippen LogP contribution in [0.4, 0.5) is 0 Å². The standard InChI is InChI=1S/C11H16ClN3/c1-3-14-11(13)15-8(2)9-6-4-5-7-10(9)12/h4-8H,3H2,1-2H3,(H3,13,14,15). The molecule has 4 heteroatoms. The highest BCUT2D eigenvalue weighted by atomic mass is 35.5. The molecule has 82 valence electrons. The lowest BCUT2D eigenvalue weighted by molar-refractivity contribution is 0.709. The molecule has 3 nitrogen and oxygen atoms in total. The Morgan fingerprint density at radius 1 is 1.53 bits per heavy atom. The van der Waals surface area contributed by atoms with Gasteiger partial charge >= 0.3 is 0 Å². The van der Waals surface area contributed by atoms with Gasteiger partial charge in [-0.15, -0.1) is 0 Å². The van der Waals surface area contributed by atoms with Crippen molar-refractivity contribution in [2.45, 2.75) is 19.9 Å². The Kier molecular flexibility index (Phi) is 4.43. The number of guanidine groups is 1. The summed E-state index contributed by atoms with van der Waals surface area (Å²) in [6.07, 6.45) is 0. The molecule has 0 saturated heterocycles. The molecule has 0 aliphatic rings. The maximum absolute atomic E-state index is 6.06. The van der Waals surface area contributed by atoms with Gasteiger partial charge in [-0.25, -0.2) is 0 Å². The summed E-state index contributed by atoms with van der Waals surface area (Å²) in [4.78, 5) is 4.06. The molecule has 0 aromatic heterocycles. The Hall–Kier alpha value is -1.22. The summed E-state index contributed by atoms with van der Waals surface area (Å²) in [5.41, 5.74) is 6.69. The number of halogens is 1. The number of nitrogens with one attached hydrogen (secondary N) is 1. The topological polar surface area (TPSA) is 50.4 Å². The van der Waals surface area contributed by atoms with Crippen LogP contribution in [0.25, 0.3) is 0 Å². The van der Waals surface area contributed by atoms with E-state index in [0.29, 0.717) is 12.5 Å². The fraction of sp³-hybridized carbons (Fsp3) is 0.364. The zero-order chi connectivity index (χ0) is 11.3. The minimum absolute atomic E-state index is 0.0639. The number of nitrogens with two attached hydrogens (primary N) is 1. The second-order valence-corrected chi connectivity index (χ2v) is 3.65. The molecule has 1 aromatic carbocycles. The summed E-state index contributed by atoms with van der Waals surface area (Å²) in [5, 5.41) is 3.82. The van der Waals surface area contributed by atoms with Gasteiger partial charge in [-0.2, -0.15) is 0 Å². The molecule has 0 radical (unpaired) electrons. The number of hydrogen-bond acceptors (Lipinski definition) is 1. The van der Waals surface area contributed by atoms with E-state index >= 15 is 0 Å². The average Bonchev–Trinajstić information content (AvgIpc) is 2.18. The van der Waals surface area contributed by atoms with Crippen molar-refractivity contribution in [3.63, 3.8) is 0 Å². The number of nitrogens with zero attached hydrogens (tertiary/aromatic N) is 1. The monoisotopic (exact) mass is 225 g/mol. The number of hydrogen-bond donors (Lipinski definition) is 2. The molecule has 3 N–H and O–H groups in total. The predicted octanol–water partition coefficient (Wildman–Crippen LogP) is 2.33. The van der Waals surface area contributed by atoms with Crippen LogP contribution in [0.15, 0.2) is 29.3 Å². The zero-order valence-corrected chi connectivity index (χ0v) is 9.75. The highest BCUT2D eigenvalue weighted by Gasteiger charge is 2.08. The van der Waals surface area contributed by atoms with Gasteiger partial charge in [0.1, 0.15) is 0 Å². The van der Waals surface area contributed by atoms with E-state index in [4.69, 9.17) is 17.3 Å². The normalized spacial score (nSPS) is 13.7. The fourth-order valence-corrected chi connectivity index (χ4v) is 1.64. The van der Waals surface area contributed by atoms with Crippen molar-refractivity contribution >= 4 is 17.6 Å². The van der Waals surface area contributed by atoms with E-state index in [1.54, 1.807) is 0 Å². The smallest absolute Gasteiger partial charge is 0.189 e. The Labute approximate surface area is 95.3 Å². The van der Waals surface area contributed by atoms with Crippen LogP contribution in [0.5, 0.6) is 0 Å². The van der Waals surface area contributed by atoms with Gasteiger partial charge in [0.05, 0.1) is 6.04 Å². The molecule has 0 heterocycles. The first-order valence-corrected chi connectivity index (χ1v) is 5.33. The van der Waals surface area contributed by atoms with Crippen molar-refractivity contribution in [2.24, 2.45) is 10.7 Å². The highest BCUT2D eigenvalue weighted by Crippen LogP contribution is 2.21. The molecule has 15 heavy (non-hydrogen) atoms. The first kappa shape index (κ1) is 11.9. The minimum Gasteiger partial charge on any atom is -0.370 e. The van der Waals surface area contributed by atoms with Gasteiger partial charge in [0.15, 0.2) is 5.96 Å². The molecule has 1 atom stereocenters. The van der Waals surface area contributed by atoms with Gasteiger partial charge in [0.25, 0.3) is 0 Å². The van der Waals surface area contributed by atoms with Crippen LogP contribution < -0.4 is 11.1 Å². The largest absolute Gasteiger partial charge is 0.370 e. The summed E-state index contributed by atoms with van der Waals surface area (Å²) in [5.74, 6) is 0.449. The molecule has 0 aliphatic carbocycles. The van der Waals surface area contributed by atoms with Gasteiger partial charge in [-0.3, -0.25) is 4.99 Å². The van der Waals surface area contributed by atoms with Crippen LogP contribution in [0.3, 0.4) is 0 Å². The van der Waals surface area contributed by atoms with Crippen molar-refractivity contribution in [3.8, 4) is 0 Å². The molecule has 1 rings (SSSR count). The van der Waals surface area contributed by atoms with Crippen molar-refractivity contribution in [2.75, 3.05) is 6.54 Å². The van der Waals surface area contributed by atoms with Gasteiger partial charge < -0.3 is 11.1 Å². The Bertz CT molecular complexity index is 349. The number of rotatable bonds is 3. The Morgan fingerprint density at radius 2 is 2.20 bits per heavy atom. The maximum Gasteiger partial charge on any atom is 0.189 e. The van der Waals surface area contributed by atoms with Crippen molar-refractivity contribution in [1.29, 1.82) is 0 Å². The molecular formula is C11H16ClN3. The maximum atomic E-state index is 6.06. The summed E-state index contributed by atoms with van der Waals surface area (Å²) in [7, 11) is 0. The van der Waals surface area contributed by atoms with E-state index in [2.05, 4.69) is 10.3 Å². The molecule has 1 aromatic rings. The van der Waals surface area contributed by atoms with E-state index < -0.39 is 0 Å². The van der Waals surface area contributed by atoms with Crippen LogP contribution in [0.2, 0.25) is 5.02 Å². The fourth-order valence-electron chi connectivity index (χ4n) is 1.34. The third-order valence-electron chi connectivity index (χ3n) is 2.06. The van der Waals surface area contributed by atoms with Crippen LogP contribution in [0.1, 0.15) is 25.5 Å². The molecular weight excluding hydrogens is 210 g/mol. The van der Waals surface area contributed by atoms with E-state index in [0.717, 1.165) is 10.6 Å². The predicted molar refractivity (Wildman–Crippen MR) is 65.2 cm³/mol. The third-order valence-corrected chi connectivity index (χ3v) is 2.41. The van der Waals surface area contributed by atoms with E-state index in [1.807, 2.05) is 38.1 Å². The van der Waals surface area contributed by atoms with Crippen molar-refractivity contribution in [1.82, 2.24) is 5.32 Å². The third kappa shape index (κ3) is 3.44. The van der Waals surface area contributed by atoms with Crippen LogP contribution in [-0.4, -0.2) is 12.5 Å². The lowest BCUT2D eigenvalue weighted by Gasteiger charge is -2.15. The highest BCUT2D eigenvalue weighted by molar-refractivity contribution is 6.31. The van der Waals surface area contributed by atoms with Gasteiger partial charge in [0, 0.05) is 11.6 Å². The second kappa shape index (κ2) is 5.61. The quantitative estimate of drug-likeness (QED) is 0.613. The summed E-state index contributed by atoms with van der Waals surface area (Å²) in [6, 6.07) is 7.75. The molecule has 0 bridgehead atoms. The average molecular weight is 226 g/mol. The van der Waals surface area contributed by atoms with Crippen molar-refractivity contribution < 1.29 is 0 Å². The van der Waals surface area contributed by atoms with Gasteiger partial charge in [0.2, 0.25) is 0 Å². The van der Waals surface area contributed by atoms with E-state index in [-0.39, 0.29) is 6.04 Å². The second-order valence-electron chi connectivity index (χ2n) is 3.25. The molecule has 0 spiro atoms. The van der Waals surface area contributed by atoms with Gasteiger partial charge in [-0.05, 0) is 25.5 Å². The summed E-state index contributed by atoms with van der Waals surface area (Å²) >= 11 is 6.06.